The summed E-state index contributed by atoms with van der Waals surface area (Å²) in [5.41, 5.74) is 2.71. The third-order valence-electron chi connectivity index (χ3n) is 3.82. The zero-order valence-corrected chi connectivity index (χ0v) is 16.7. The van der Waals surface area contributed by atoms with Crippen molar-refractivity contribution in [1.82, 2.24) is 0 Å². The zero-order valence-electron chi connectivity index (χ0n) is 15.1. The minimum atomic E-state index is -3.66. The van der Waals surface area contributed by atoms with Gasteiger partial charge in [-0.05, 0) is 53.8 Å². The van der Waals surface area contributed by atoms with Gasteiger partial charge in [0.15, 0.2) is 0 Å². The normalized spacial score (nSPS) is 12.2. The van der Waals surface area contributed by atoms with E-state index in [0.717, 1.165) is 5.75 Å². The lowest BCUT2D eigenvalue weighted by Gasteiger charge is -2.20. The van der Waals surface area contributed by atoms with Gasteiger partial charge in [0.05, 0.1) is 11.5 Å². The summed E-state index contributed by atoms with van der Waals surface area (Å²) in [6, 6.07) is 12.7. The summed E-state index contributed by atoms with van der Waals surface area (Å²) in [6.07, 6.45) is 0. The monoisotopic (exact) mass is 379 g/mol. The standard InChI is InChI=1S/C19H25NO3S2/c1-14-5-6-15(19(2,3)4)13-18(14)24-12-11-23-16-7-9-17(10-8-16)25(20,21)22/h5-10,13H,11-12H2,1-4H3,(H2,20,21,22). The lowest BCUT2D eigenvalue weighted by Crippen LogP contribution is -2.12. The van der Waals surface area contributed by atoms with Crippen LogP contribution in [0.3, 0.4) is 0 Å². The largest absolute Gasteiger partial charge is 0.493 e. The highest BCUT2D eigenvalue weighted by atomic mass is 32.2. The Hall–Kier alpha value is -1.50. The van der Waals surface area contributed by atoms with Gasteiger partial charge in [0, 0.05) is 10.6 Å². The molecule has 0 amide bonds. The SMILES string of the molecule is Cc1ccc(C(C)(C)C)cc1SCCOc1ccc(S(N)(=O)=O)cc1. The molecule has 0 heterocycles. The minimum absolute atomic E-state index is 0.0869. The Labute approximate surface area is 154 Å². The molecule has 6 heteroatoms. The summed E-state index contributed by atoms with van der Waals surface area (Å²) in [4.78, 5) is 1.35. The highest BCUT2D eigenvalue weighted by molar-refractivity contribution is 7.99. The summed E-state index contributed by atoms with van der Waals surface area (Å²) < 4.78 is 28.1. The molecule has 0 atom stereocenters. The van der Waals surface area contributed by atoms with Crippen LogP contribution in [0.1, 0.15) is 31.9 Å². The molecule has 2 rings (SSSR count). The van der Waals surface area contributed by atoms with Gasteiger partial charge in [-0.2, -0.15) is 0 Å². The molecule has 0 saturated carbocycles. The topological polar surface area (TPSA) is 69.4 Å². The fourth-order valence-electron chi connectivity index (χ4n) is 2.26. The molecule has 0 aliphatic rings. The van der Waals surface area contributed by atoms with Crippen molar-refractivity contribution < 1.29 is 13.2 Å². The second-order valence-corrected chi connectivity index (χ2v) is 9.64. The van der Waals surface area contributed by atoms with Gasteiger partial charge in [-0.25, -0.2) is 13.6 Å². The Morgan fingerprint density at radius 3 is 2.28 bits per heavy atom. The van der Waals surface area contributed by atoms with Crippen LogP contribution < -0.4 is 9.88 Å². The fourth-order valence-corrected chi connectivity index (χ4v) is 3.67. The highest BCUT2D eigenvalue weighted by Crippen LogP contribution is 2.29. The zero-order chi connectivity index (χ0) is 18.7. The van der Waals surface area contributed by atoms with E-state index in [2.05, 4.69) is 45.9 Å². The number of hydrogen-bond donors (Lipinski definition) is 1. The van der Waals surface area contributed by atoms with E-state index in [-0.39, 0.29) is 10.3 Å². The maximum atomic E-state index is 11.2. The van der Waals surface area contributed by atoms with Gasteiger partial charge in [0.2, 0.25) is 10.0 Å². The summed E-state index contributed by atoms with van der Waals surface area (Å²) in [7, 11) is -3.66. The van der Waals surface area contributed by atoms with Crippen molar-refractivity contribution in [2.75, 3.05) is 12.4 Å². The van der Waals surface area contributed by atoms with Crippen molar-refractivity contribution in [2.45, 2.75) is 42.9 Å². The molecule has 25 heavy (non-hydrogen) atoms. The predicted molar refractivity (Wildman–Crippen MR) is 104 cm³/mol. The molecule has 0 spiro atoms. The lowest BCUT2D eigenvalue weighted by atomic mass is 9.87. The first-order valence-electron chi connectivity index (χ1n) is 8.07. The van der Waals surface area contributed by atoms with Crippen LogP contribution in [-0.2, 0) is 15.4 Å². The molecule has 136 valence electrons. The van der Waals surface area contributed by atoms with Crippen molar-refractivity contribution in [2.24, 2.45) is 5.14 Å². The molecule has 2 aromatic rings. The van der Waals surface area contributed by atoms with Crippen LogP contribution in [0.5, 0.6) is 5.75 Å². The van der Waals surface area contributed by atoms with Crippen LogP contribution in [0, 0.1) is 6.92 Å². The first-order chi connectivity index (χ1) is 11.6. The van der Waals surface area contributed by atoms with Gasteiger partial charge in [-0.15, -0.1) is 11.8 Å². The van der Waals surface area contributed by atoms with Crippen molar-refractivity contribution >= 4 is 21.8 Å². The number of nitrogens with two attached hydrogens (primary N) is 1. The maximum absolute atomic E-state index is 11.2. The number of aryl methyl sites for hydroxylation is 1. The first kappa shape index (κ1) is 19.8. The average Bonchev–Trinajstić information content (AvgIpc) is 2.51. The van der Waals surface area contributed by atoms with Crippen LogP contribution >= 0.6 is 11.8 Å². The van der Waals surface area contributed by atoms with Crippen molar-refractivity contribution in [3.63, 3.8) is 0 Å². The van der Waals surface area contributed by atoms with Gasteiger partial charge in [-0.1, -0.05) is 32.9 Å². The number of rotatable bonds is 6. The molecule has 0 saturated heterocycles. The number of primary sulfonamides is 1. The van der Waals surface area contributed by atoms with Gasteiger partial charge >= 0.3 is 0 Å². The molecule has 0 aromatic heterocycles. The van der Waals surface area contributed by atoms with E-state index in [1.165, 1.54) is 28.2 Å². The number of sulfonamides is 1. The predicted octanol–water partition coefficient (Wildman–Crippen LogP) is 4.11. The summed E-state index contributed by atoms with van der Waals surface area (Å²) >= 11 is 1.76. The van der Waals surface area contributed by atoms with Crippen molar-refractivity contribution in [1.29, 1.82) is 0 Å². The van der Waals surface area contributed by atoms with E-state index in [4.69, 9.17) is 9.88 Å². The van der Waals surface area contributed by atoms with Crippen LogP contribution in [0.15, 0.2) is 52.3 Å². The maximum Gasteiger partial charge on any atom is 0.238 e. The first-order valence-corrected chi connectivity index (χ1v) is 10.6. The van der Waals surface area contributed by atoms with E-state index in [9.17, 15) is 8.42 Å². The molecule has 0 fully saturated rings. The lowest BCUT2D eigenvalue weighted by molar-refractivity contribution is 0.343. The van der Waals surface area contributed by atoms with E-state index in [0.29, 0.717) is 12.4 Å². The van der Waals surface area contributed by atoms with E-state index in [1.54, 1.807) is 23.9 Å². The van der Waals surface area contributed by atoms with Gasteiger partial charge < -0.3 is 4.74 Å². The smallest absolute Gasteiger partial charge is 0.238 e. The quantitative estimate of drug-likeness (QED) is 0.606. The molecule has 2 N–H and O–H groups in total. The fraction of sp³-hybridized carbons (Fsp3) is 0.368. The molecule has 0 aliphatic carbocycles. The molecule has 0 unspecified atom stereocenters. The number of thioether (sulfide) groups is 1. The molecule has 0 bridgehead atoms. The second kappa shape index (κ2) is 7.81. The van der Waals surface area contributed by atoms with Crippen LogP contribution in [0.25, 0.3) is 0 Å². The highest BCUT2D eigenvalue weighted by Gasteiger charge is 2.14. The Morgan fingerprint density at radius 2 is 1.72 bits per heavy atom. The molecule has 4 nitrogen and oxygen atoms in total. The molecule has 2 aromatic carbocycles. The Morgan fingerprint density at radius 1 is 1.08 bits per heavy atom. The van der Waals surface area contributed by atoms with Crippen molar-refractivity contribution in [3.8, 4) is 5.75 Å². The molecule has 0 aliphatic heterocycles. The van der Waals surface area contributed by atoms with Crippen LogP contribution in [0.2, 0.25) is 0 Å². The van der Waals surface area contributed by atoms with Crippen molar-refractivity contribution in [3.05, 3.63) is 53.6 Å². The summed E-state index contributed by atoms with van der Waals surface area (Å²) in [5.74, 6) is 1.44. The number of ether oxygens (including phenoxy) is 1. The van der Waals surface area contributed by atoms with Gasteiger partial charge in [-0.3, -0.25) is 0 Å². The van der Waals surface area contributed by atoms with Gasteiger partial charge in [0.1, 0.15) is 5.75 Å². The molecule has 0 radical (unpaired) electrons. The summed E-state index contributed by atoms with van der Waals surface area (Å²) in [5, 5.41) is 5.08. The van der Waals surface area contributed by atoms with E-state index < -0.39 is 10.0 Å². The molecular formula is C19H25NO3S2. The second-order valence-electron chi connectivity index (χ2n) is 6.94. The van der Waals surface area contributed by atoms with E-state index in [1.807, 2.05) is 0 Å². The third-order valence-corrected chi connectivity index (χ3v) is 5.87. The summed E-state index contributed by atoms with van der Waals surface area (Å²) in [6.45, 7) is 9.28. The Kier molecular flexibility index (Phi) is 6.19. The Balaban J connectivity index is 1.91. The van der Waals surface area contributed by atoms with E-state index >= 15 is 0 Å². The number of benzene rings is 2. The minimum Gasteiger partial charge on any atom is -0.493 e. The average molecular weight is 380 g/mol. The van der Waals surface area contributed by atoms with Crippen LogP contribution in [-0.4, -0.2) is 20.8 Å². The third kappa shape index (κ3) is 5.76. The van der Waals surface area contributed by atoms with Gasteiger partial charge in [0.25, 0.3) is 0 Å². The van der Waals surface area contributed by atoms with Crippen LogP contribution in [0.4, 0.5) is 0 Å². The Bertz CT molecular complexity index is 823. The number of hydrogen-bond acceptors (Lipinski definition) is 4. The molecular weight excluding hydrogens is 354 g/mol.